The van der Waals surface area contributed by atoms with Crippen LogP contribution in [0.25, 0.3) is 0 Å². The lowest BCUT2D eigenvalue weighted by molar-refractivity contribution is -0.146. The summed E-state index contributed by atoms with van der Waals surface area (Å²) in [4.78, 5) is 38.1. The molecule has 158 valence electrons. The van der Waals surface area contributed by atoms with Gasteiger partial charge in [0.15, 0.2) is 6.61 Å². The molecule has 0 atom stereocenters. The van der Waals surface area contributed by atoms with Crippen LogP contribution in [0.4, 0.5) is 11.4 Å². The van der Waals surface area contributed by atoms with Gasteiger partial charge in [0, 0.05) is 6.07 Å². The first kappa shape index (κ1) is 21.0. The van der Waals surface area contributed by atoms with Crippen molar-refractivity contribution in [3.63, 3.8) is 0 Å². The van der Waals surface area contributed by atoms with Gasteiger partial charge in [0.25, 0.3) is 5.91 Å². The molecule has 30 heavy (non-hydrogen) atoms. The fourth-order valence-electron chi connectivity index (χ4n) is 2.91. The monoisotopic (exact) mass is 414 g/mol. The average molecular weight is 414 g/mol. The molecule has 0 fully saturated rings. The van der Waals surface area contributed by atoms with Crippen LogP contribution in [0.3, 0.4) is 0 Å². The number of fused-ring (bicyclic) bond motifs is 1. The molecule has 0 spiro atoms. The molecule has 1 heterocycles. The minimum atomic E-state index is -0.715. The summed E-state index contributed by atoms with van der Waals surface area (Å²) < 4.78 is 20.9. The van der Waals surface area contributed by atoms with Crippen molar-refractivity contribution in [3.8, 4) is 17.2 Å². The quantitative estimate of drug-likeness (QED) is 0.691. The minimum Gasteiger partial charge on any atom is -0.497 e. The van der Waals surface area contributed by atoms with Crippen molar-refractivity contribution in [3.05, 3.63) is 42.5 Å². The van der Waals surface area contributed by atoms with Gasteiger partial charge >= 0.3 is 5.97 Å². The summed E-state index contributed by atoms with van der Waals surface area (Å²) in [5.41, 5.74) is 0.870. The van der Waals surface area contributed by atoms with Crippen LogP contribution in [-0.2, 0) is 19.1 Å². The first-order valence-electron chi connectivity index (χ1n) is 9.21. The second-order valence-electron chi connectivity index (χ2n) is 6.32. The maximum atomic E-state index is 12.4. The van der Waals surface area contributed by atoms with E-state index >= 15 is 0 Å². The molecule has 0 aliphatic carbocycles. The van der Waals surface area contributed by atoms with Crippen LogP contribution in [0.15, 0.2) is 42.5 Å². The number of amides is 2. The summed E-state index contributed by atoms with van der Waals surface area (Å²) >= 11 is 0. The highest BCUT2D eigenvalue weighted by Crippen LogP contribution is 2.31. The van der Waals surface area contributed by atoms with Crippen LogP contribution in [0.1, 0.15) is 6.42 Å². The third kappa shape index (κ3) is 4.99. The number of nitrogens with zero attached hydrogens (tertiary/aromatic N) is 1. The summed E-state index contributed by atoms with van der Waals surface area (Å²) in [7, 11) is 2.97. The second-order valence-corrected chi connectivity index (χ2v) is 6.32. The SMILES string of the molecule is COc1ccc(OC)c(NC(=O)COC(=O)CN2C(=O)CCOc3ccccc32)c1. The van der Waals surface area contributed by atoms with E-state index in [1.807, 2.05) is 0 Å². The molecule has 0 unspecified atom stereocenters. The summed E-state index contributed by atoms with van der Waals surface area (Å²) in [5, 5.41) is 2.61. The highest BCUT2D eigenvalue weighted by Gasteiger charge is 2.26. The van der Waals surface area contributed by atoms with Crippen molar-refractivity contribution in [1.82, 2.24) is 0 Å². The Bertz CT molecular complexity index is 945. The van der Waals surface area contributed by atoms with Gasteiger partial charge in [0.05, 0.1) is 38.6 Å². The van der Waals surface area contributed by atoms with Crippen molar-refractivity contribution in [2.45, 2.75) is 6.42 Å². The molecule has 1 aliphatic rings. The smallest absolute Gasteiger partial charge is 0.326 e. The molecule has 2 aromatic carbocycles. The van der Waals surface area contributed by atoms with Gasteiger partial charge in [-0.05, 0) is 24.3 Å². The van der Waals surface area contributed by atoms with E-state index in [4.69, 9.17) is 18.9 Å². The lowest BCUT2D eigenvalue weighted by Gasteiger charge is -2.20. The molecular formula is C21H22N2O7. The molecule has 0 saturated heterocycles. The molecule has 1 N–H and O–H groups in total. The predicted octanol–water partition coefficient (Wildman–Crippen LogP) is 2.00. The van der Waals surface area contributed by atoms with Gasteiger partial charge in [0.1, 0.15) is 23.8 Å². The lowest BCUT2D eigenvalue weighted by Crippen LogP contribution is -2.37. The Morgan fingerprint density at radius 2 is 1.93 bits per heavy atom. The number of carbonyl (C=O) groups excluding carboxylic acids is 3. The summed E-state index contributed by atoms with van der Waals surface area (Å²) in [6.45, 7) is -0.611. The topological polar surface area (TPSA) is 103 Å². The standard InChI is InChI=1S/C21H22N2O7/c1-27-14-7-8-17(28-2)15(11-14)22-19(24)13-30-21(26)12-23-16-5-3-4-6-18(16)29-10-9-20(23)25/h3-8,11H,9-10,12-13H2,1-2H3,(H,22,24). The van der Waals surface area contributed by atoms with Crippen molar-refractivity contribution in [2.75, 3.05) is 44.2 Å². The zero-order chi connectivity index (χ0) is 21.5. The van der Waals surface area contributed by atoms with Gasteiger partial charge in [-0.15, -0.1) is 0 Å². The van der Waals surface area contributed by atoms with Gasteiger partial charge in [-0.25, -0.2) is 0 Å². The molecule has 3 rings (SSSR count). The number of carbonyl (C=O) groups is 3. The van der Waals surface area contributed by atoms with Gasteiger partial charge in [-0.2, -0.15) is 0 Å². The van der Waals surface area contributed by atoms with E-state index in [0.29, 0.717) is 28.6 Å². The molecule has 9 nitrogen and oxygen atoms in total. The van der Waals surface area contributed by atoms with E-state index in [1.54, 1.807) is 42.5 Å². The lowest BCUT2D eigenvalue weighted by atomic mass is 10.2. The summed E-state index contributed by atoms with van der Waals surface area (Å²) in [6.07, 6.45) is 0.137. The zero-order valence-corrected chi connectivity index (χ0v) is 16.7. The number of anilines is 2. The van der Waals surface area contributed by atoms with E-state index in [2.05, 4.69) is 5.32 Å². The minimum absolute atomic E-state index is 0.137. The van der Waals surface area contributed by atoms with Gasteiger partial charge in [0.2, 0.25) is 5.91 Å². The molecule has 9 heteroatoms. The maximum absolute atomic E-state index is 12.4. The number of hydrogen-bond donors (Lipinski definition) is 1. The van der Waals surface area contributed by atoms with E-state index in [-0.39, 0.29) is 25.5 Å². The number of rotatable bonds is 7. The van der Waals surface area contributed by atoms with Crippen molar-refractivity contribution >= 4 is 29.2 Å². The van der Waals surface area contributed by atoms with E-state index in [9.17, 15) is 14.4 Å². The Balaban J connectivity index is 1.60. The number of benzene rings is 2. The molecule has 2 aromatic rings. The van der Waals surface area contributed by atoms with Gasteiger partial charge in [-0.1, -0.05) is 12.1 Å². The number of methoxy groups -OCH3 is 2. The van der Waals surface area contributed by atoms with Crippen molar-refractivity contribution in [1.29, 1.82) is 0 Å². The van der Waals surface area contributed by atoms with E-state index in [0.717, 1.165) is 0 Å². The number of nitrogens with one attached hydrogen (secondary N) is 1. The van der Waals surface area contributed by atoms with Crippen LogP contribution in [0, 0.1) is 0 Å². The Morgan fingerprint density at radius 3 is 2.70 bits per heavy atom. The van der Waals surface area contributed by atoms with Crippen molar-refractivity contribution in [2.24, 2.45) is 0 Å². The molecule has 2 amide bonds. The second kappa shape index (κ2) is 9.64. The normalized spacial score (nSPS) is 12.9. The Labute approximate surface area is 173 Å². The largest absolute Gasteiger partial charge is 0.497 e. The molecule has 0 saturated carbocycles. The molecule has 0 aromatic heterocycles. The van der Waals surface area contributed by atoms with E-state index < -0.39 is 18.5 Å². The molecule has 0 bridgehead atoms. The first-order valence-corrected chi connectivity index (χ1v) is 9.21. The third-order valence-corrected chi connectivity index (χ3v) is 4.36. The summed E-state index contributed by atoms with van der Waals surface area (Å²) in [5.74, 6) is -0.0546. The molecule has 0 radical (unpaired) electrons. The number of hydrogen-bond acceptors (Lipinski definition) is 7. The highest BCUT2D eigenvalue weighted by atomic mass is 16.5. The number of para-hydroxylation sites is 2. The molecular weight excluding hydrogens is 392 g/mol. The highest BCUT2D eigenvalue weighted by molar-refractivity contribution is 6.00. The van der Waals surface area contributed by atoms with Gasteiger partial charge < -0.3 is 24.3 Å². The fraction of sp³-hybridized carbons (Fsp3) is 0.286. The van der Waals surface area contributed by atoms with Crippen LogP contribution < -0.4 is 24.4 Å². The van der Waals surface area contributed by atoms with Crippen LogP contribution in [0.2, 0.25) is 0 Å². The van der Waals surface area contributed by atoms with E-state index in [1.165, 1.54) is 19.1 Å². The number of esters is 1. The van der Waals surface area contributed by atoms with Gasteiger partial charge in [-0.3, -0.25) is 19.3 Å². The Kier molecular flexibility index (Phi) is 6.74. The third-order valence-electron chi connectivity index (χ3n) is 4.36. The zero-order valence-electron chi connectivity index (χ0n) is 16.7. The Morgan fingerprint density at radius 1 is 1.13 bits per heavy atom. The first-order chi connectivity index (χ1) is 14.5. The van der Waals surface area contributed by atoms with Crippen LogP contribution >= 0.6 is 0 Å². The average Bonchev–Trinajstić information content (AvgIpc) is 2.91. The Hall–Kier alpha value is -3.75. The fourth-order valence-corrected chi connectivity index (χ4v) is 2.91. The van der Waals surface area contributed by atoms with Crippen molar-refractivity contribution < 1.29 is 33.3 Å². The van der Waals surface area contributed by atoms with Crippen LogP contribution in [-0.4, -0.2) is 51.8 Å². The summed E-state index contributed by atoms with van der Waals surface area (Å²) in [6, 6.07) is 11.9. The number of ether oxygens (including phenoxy) is 4. The van der Waals surface area contributed by atoms with Crippen LogP contribution in [0.5, 0.6) is 17.2 Å². The maximum Gasteiger partial charge on any atom is 0.326 e. The molecule has 1 aliphatic heterocycles. The predicted molar refractivity (Wildman–Crippen MR) is 108 cm³/mol.